The minimum absolute atomic E-state index is 0.0303. The topological polar surface area (TPSA) is 117 Å². The third-order valence-corrected chi connectivity index (χ3v) is 3.76. The van der Waals surface area contributed by atoms with Gasteiger partial charge in [0, 0.05) is 5.56 Å². The maximum absolute atomic E-state index is 13.5. The van der Waals surface area contributed by atoms with Crippen LogP contribution in [0.2, 0.25) is 0 Å². The summed E-state index contributed by atoms with van der Waals surface area (Å²) in [4.78, 5) is 34.7. The smallest absolute Gasteiger partial charge is 0.353 e. The molecule has 0 bridgehead atoms. The molecule has 3 N–H and O–H groups in total. The lowest BCUT2D eigenvalue weighted by atomic mass is 10.0. The number of hydrogen-bond donors (Lipinski definition) is 3. The molecule has 7 nitrogen and oxygen atoms in total. The number of para-hydroxylation sites is 1. The van der Waals surface area contributed by atoms with E-state index in [1.807, 2.05) is 5.32 Å². The molecule has 0 fully saturated rings. The van der Waals surface area contributed by atoms with Gasteiger partial charge in [-0.15, -0.1) is 0 Å². The molecule has 0 aliphatic rings. The van der Waals surface area contributed by atoms with Gasteiger partial charge in [-0.25, -0.2) is 13.6 Å². The quantitative estimate of drug-likeness (QED) is 0.602. The van der Waals surface area contributed by atoms with Crippen LogP contribution in [0.1, 0.15) is 10.4 Å². The van der Waals surface area contributed by atoms with Gasteiger partial charge in [0.1, 0.15) is 17.9 Å². The molecule has 1 heterocycles. The summed E-state index contributed by atoms with van der Waals surface area (Å²) >= 11 is 0. The van der Waals surface area contributed by atoms with Gasteiger partial charge in [-0.05, 0) is 23.8 Å². The second-order valence-electron chi connectivity index (χ2n) is 5.50. The van der Waals surface area contributed by atoms with Crippen molar-refractivity contribution in [1.82, 2.24) is 5.32 Å². The van der Waals surface area contributed by atoms with E-state index in [1.165, 1.54) is 24.3 Å². The van der Waals surface area contributed by atoms with Gasteiger partial charge >= 0.3 is 11.6 Å². The number of carbonyl (C=O) groups is 2. The van der Waals surface area contributed by atoms with Crippen LogP contribution in [0.3, 0.4) is 0 Å². The van der Waals surface area contributed by atoms with E-state index in [2.05, 4.69) is 0 Å². The predicted octanol–water partition coefficient (Wildman–Crippen LogP) is 2.26. The molecule has 2 aromatic carbocycles. The molecule has 138 valence electrons. The van der Waals surface area contributed by atoms with E-state index in [9.17, 15) is 28.3 Å². The summed E-state index contributed by atoms with van der Waals surface area (Å²) in [5.41, 5.74) is -1.73. The van der Waals surface area contributed by atoms with Gasteiger partial charge in [0.2, 0.25) is 0 Å². The first-order valence-electron chi connectivity index (χ1n) is 7.53. The maximum atomic E-state index is 13.5. The number of halogens is 2. The van der Waals surface area contributed by atoms with Gasteiger partial charge < -0.3 is 19.9 Å². The molecule has 0 atom stereocenters. The Bertz CT molecular complexity index is 1140. The van der Waals surface area contributed by atoms with Crippen molar-refractivity contribution in [2.45, 2.75) is 0 Å². The third kappa shape index (κ3) is 3.34. The zero-order chi connectivity index (χ0) is 19.7. The van der Waals surface area contributed by atoms with Gasteiger partial charge in [0.15, 0.2) is 17.2 Å². The lowest BCUT2D eigenvalue weighted by molar-refractivity contribution is -0.135. The molecule has 1 amide bonds. The van der Waals surface area contributed by atoms with Crippen LogP contribution in [-0.2, 0) is 4.79 Å². The van der Waals surface area contributed by atoms with E-state index < -0.39 is 47.0 Å². The zero-order valence-electron chi connectivity index (χ0n) is 13.5. The Labute approximate surface area is 149 Å². The van der Waals surface area contributed by atoms with Crippen molar-refractivity contribution in [2.75, 3.05) is 6.54 Å². The highest BCUT2D eigenvalue weighted by Gasteiger charge is 2.23. The van der Waals surface area contributed by atoms with Crippen LogP contribution in [0, 0.1) is 11.6 Å². The summed E-state index contributed by atoms with van der Waals surface area (Å²) < 4.78 is 31.8. The van der Waals surface area contributed by atoms with Crippen LogP contribution in [0.15, 0.2) is 45.6 Å². The SMILES string of the molecule is O=C(O)CNC(=O)c1c(O)c2cccc(-c3ccc(F)c(F)c3)c2oc1=O. The average Bonchev–Trinajstić information content (AvgIpc) is 2.62. The molecule has 3 rings (SSSR count). The molecule has 0 saturated heterocycles. The minimum atomic E-state index is -1.34. The van der Waals surface area contributed by atoms with Crippen molar-refractivity contribution in [3.05, 3.63) is 64.0 Å². The number of rotatable bonds is 4. The van der Waals surface area contributed by atoms with E-state index in [1.54, 1.807) is 0 Å². The predicted molar refractivity (Wildman–Crippen MR) is 89.5 cm³/mol. The first-order chi connectivity index (χ1) is 12.8. The molecule has 0 saturated carbocycles. The summed E-state index contributed by atoms with van der Waals surface area (Å²) in [5, 5.41) is 20.8. The Kier molecular flexibility index (Phi) is 4.59. The highest BCUT2D eigenvalue weighted by atomic mass is 19.2. The maximum Gasteiger partial charge on any atom is 0.353 e. The first kappa shape index (κ1) is 18.1. The molecule has 0 aliphatic heterocycles. The zero-order valence-corrected chi connectivity index (χ0v) is 13.5. The summed E-state index contributed by atoms with van der Waals surface area (Å²) in [6, 6.07) is 7.33. The highest BCUT2D eigenvalue weighted by Crippen LogP contribution is 2.34. The Balaban J connectivity index is 2.18. The van der Waals surface area contributed by atoms with Crippen LogP contribution in [0.5, 0.6) is 5.75 Å². The number of nitrogens with one attached hydrogen (secondary N) is 1. The monoisotopic (exact) mass is 375 g/mol. The fraction of sp³-hybridized carbons (Fsp3) is 0.0556. The van der Waals surface area contributed by atoms with Gasteiger partial charge in [-0.1, -0.05) is 18.2 Å². The molecule has 1 aromatic heterocycles. The fourth-order valence-corrected chi connectivity index (χ4v) is 2.54. The van der Waals surface area contributed by atoms with E-state index >= 15 is 0 Å². The van der Waals surface area contributed by atoms with Crippen molar-refractivity contribution >= 4 is 22.8 Å². The van der Waals surface area contributed by atoms with Crippen molar-refractivity contribution in [3.63, 3.8) is 0 Å². The first-order valence-corrected chi connectivity index (χ1v) is 7.53. The second-order valence-corrected chi connectivity index (χ2v) is 5.50. The Morgan fingerprint density at radius 2 is 1.85 bits per heavy atom. The van der Waals surface area contributed by atoms with E-state index in [0.29, 0.717) is 0 Å². The molecule has 0 spiro atoms. The second kappa shape index (κ2) is 6.87. The summed E-state index contributed by atoms with van der Waals surface area (Å²) in [6.45, 7) is -0.759. The molecular weight excluding hydrogens is 364 g/mol. The van der Waals surface area contributed by atoms with Crippen molar-refractivity contribution in [3.8, 4) is 16.9 Å². The highest BCUT2D eigenvalue weighted by molar-refractivity contribution is 6.04. The number of carboxylic acids is 1. The number of hydrogen-bond acceptors (Lipinski definition) is 5. The Morgan fingerprint density at radius 3 is 2.52 bits per heavy atom. The van der Waals surface area contributed by atoms with Crippen molar-refractivity contribution < 1.29 is 33.0 Å². The number of benzene rings is 2. The van der Waals surface area contributed by atoms with Crippen LogP contribution >= 0.6 is 0 Å². The van der Waals surface area contributed by atoms with E-state index in [4.69, 9.17) is 9.52 Å². The molecule has 3 aromatic rings. The summed E-state index contributed by atoms with van der Waals surface area (Å²) in [5.74, 6) is -5.34. The summed E-state index contributed by atoms with van der Waals surface area (Å²) in [6.07, 6.45) is 0. The van der Waals surface area contributed by atoms with E-state index in [-0.39, 0.29) is 22.1 Å². The molecule has 0 radical (unpaired) electrons. The van der Waals surface area contributed by atoms with Crippen LogP contribution in [0.25, 0.3) is 22.1 Å². The lowest BCUT2D eigenvalue weighted by Crippen LogP contribution is -2.32. The molecular formula is C18H11F2NO6. The number of aromatic hydroxyl groups is 1. The van der Waals surface area contributed by atoms with Crippen LogP contribution in [-0.4, -0.2) is 28.6 Å². The fourth-order valence-electron chi connectivity index (χ4n) is 2.54. The number of carbonyl (C=O) groups excluding carboxylic acids is 1. The largest absolute Gasteiger partial charge is 0.506 e. The number of amides is 1. The van der Waals surface area contributed by atoms with Gasteiger partial charge in [0.25, 0.3) is 5.91 Å². The number of carboxylic acid groups (broad SMARTS) is 1. The third-order valence-electron chi connectivity index (χ3n) is 3.76. The minimum Gasteiger partial charge on any atom is -0.506 e. The van der Waals surface area contributed by atoms with Crippen LogP contribution in [0.4, 0.5) is 8.78 Å². The molecule has 0 unspecified atom stereocenters. The number of fused-ring (bicyclic) bond motifs is 1. The van der Waals surface area contributed by atoms with Crippen molar-refractivity contribution in [1.29, 1.82) is 0 Å². The van der Waals surface area contributed by atoms with Gasteiger partial charge in [0.05, 0.1) is 5.39 Å². The lowest BCUT2D eigenvalue weighted by Gasteiger charge is -2.10. The Morgan fingerprint density at radius 1 is 1.11 bits per heavy atom. The molecule has 0 aliphatic carbocycles. The standard InChI is InChI=1S/C18H11F2NO6/c19-11-5-4-8(6-12(11)20)9-2-1-3-10-15(24)14(18(26)27-16(9)10)17(25)21-7-13(22)23/h1-6,24H,7H2,(H,21,25)(H,22,23). The van der Waals surface area contributed by atoms with Crippen molar-refractivity contribution in [2.24, 2.45) is 0 Å². The van der Waals surface area contributed by atoms with E-state index in [0.717, 1.165) is 12.1 Å². The van der Waals surface area contributed by atoms with Gasteiger partial charge in [-0.3, -0.25) is 9.59 Å². The molecule has 9 heteroatoms. The summed E-state index contributed by atoms with van der Waals surface area (Å²) in [7, 11) is 0. The van der Waals surface area contributed by atoms with Crippen LogP contribution < -0.4 is 10.9 Å². The number of aliphatic carboxylic acids is 1. The average molecular weight is 375 g/mol. The van der Waals surface area contributed by atoms with Gasteiger partial charge in [-0.2, -0.15) is 0 Å². The molecule has 27 heavy (non-hydrogen) atoms. The Hall–Kier alpha value is -3.75. The normalized spacial score (nSPS) is 10.7.